The minimum Gasteiger partial charge on any atom is -0.491 e. The van der Waals surface area contributed by atoms with Crippen molar-refractivity contribution in [2.24, 2.45) is 0 Å². The quantitative estimate of drug-likeness (QED) is 0.0929. The Labute approximate surface area is 255 Å². The monoisotopic (exact) mass is 595 g/mol. The Hall–Kier alpha value is -4.41. The zero-order chi connectivity index (χ0) is 29.6. The van der Waals surface area contributed by atoms with Crippen LogP contribution in [0.3, 0.4) is 0 Å². The topological polar surface area (TPSA) is 93.3 Å². The van der Waals surface area contributed by atoms with Gasteiger partial charge in [0, 0.05) is 12.3 Å². The largest absolute Gasteiger partial charge is 0.491 e. The van der Waals surface area contributed by atoms with E-state index in [1.165, 1.54) is 0 Å². The minimum absolute atomic E-state index is 0.265. The Bertz CT molecular complexity index is 1600. The smallest absolute Gasteiger partial charge is 0.222 e. The molecule has 2 fully saturated rings. The maximum Gasteiger partial charge on any atom is 0.222 e. The molecule has 0 bridgehead atoms. The summed E-state index contributed by atoms with van der Waals surface area (Å²) in [5.41, 5.74) is 0. The second-order valence-corrected chi connectivity index (χ2v) is 10.6. The van der Waals surface area contributed by atoms with Gasteiger partial charge in [0.15, 0.2) is 0 Å². The number of fused-ring (bicyclic) bond motifs is 2. The van der Waals surface area contributed by atoms with E-state index in [4.69, 9.17) is 37.9 Å². The van der Waals surface area contributed by atoms with Crippen LogP contribution in [-0.2, 0) is 18.9 Å². The third-order valence-electron chi connectivity index (χ3n) is 7.14. The molecule has 2 unspecified atom stereocenters. The maximum atomic E-state index is 6.15. The van der Waals surface area contributed by atoms with E-state index in [9.17, 15) is 0 Å². The van der Waals surface area contributed by atoms with E-state index in [0.717, 1.165) is 46.3 Å². The van der Waals surface area contributed by atoms with Crippen molar-refractivity contribution in [1.82, 2.24) is 4.98 Å². The van der Waals surface area contributed by atoms with Crippen LogP contribution in [0.1, 0.15) is 0 Å². The van der Waals surface area contributed by atoms with E-state index < -0.39 is 0 Å². The summed E-state index contributed by atoms with van der Waals surface area (Å²) in [6.45, 7) is 4.91. The highest BCUT2D eigenvalue weighted by molar-refractivity contribution is 5.86. The van der Waals surface area contributed by atoms with Crippen molar-refractivity contribution in [3.63, 3.8) is 0 Å². The highest BCUT2D eigenvalue weighted by atomic mass is 16.6. The minimum atomic E-state index is 0.265. The van der Waals surface area contributed by atoms with Gasteiger partial charge in [-0.2, -0.15) is 0 Å². The molecule has 9 nitrogen and oxygen atoms in total. The molecule has 44 heavy (non-hydrogen) atoms. The summed E-state index contributed by atoms with van der Waals surface area (Å²) in [5.74, 6) is 4.06. The van der Waals surface area contributed by atoms with Gasteiger partial charge in [-0.1, -0.05) is 24.3 Å². The van der Waals surface area contributed by atoms with Crippen molar-refractivity contribution in [3.8, 4) is 34.6 Å². The zero-order valence-electron chi connectivity index (χ0n) is 24.2. The number of epoxide rings is 2. The lowest BCUT2D eigenvalue weighted by Gasteiger charge is -2.11. The molecule has 0 spiro atoms. The highest BCUT2D eigenvalue weighted by Gasteiger charge is 2.22. The lowest BCUT2D eigenvalue weighted by molar-refractivity contribution is 0.0879. The van der Waals surface area contributed by atoms with Gasteiger partial charge in [-0.05, 0) is 76.1 Å². The van der Waals surface area contributed by atoms with Crippen molar-refractivity contribution in [2.45, 2.75) is 12.2 Å². The number of nitrogens with zero attached hydrogens (tertiary/aromatic N) is 1. The number of benzene rings is 4. The zero-order valence-corrected chi connectivity index (χ0v) is 24.2. The molecule has 7 rings (SSSR count). The van der Waals surface area contributed by atoms with Gasteiger partial charge in [0.25, 0.3) is 0 Å². The molecule has 5 aromatic rings. The molecule has 0 amide bonds. The van der Waals surface area contributed by atoms with Gasteiger partial charge in [0.05, 0.1) is 39.6 Å². The Kier molecular flexibility index (Phi) is 8.69. The van der Waals surface area contributed by atoms with E-state index in [1.807, 2.05) is 72.8 Å². The Balaban J connectivity index is 0.929. The van der Waals surface area contributed by atoms with Crippen LogP contribution in [0, 0.1) is 0 Å². The standard InChI is InChI=1S/C35H33NO8/c1-5-28(39-13-11-37-20-33-22-41-33)15-24-3-7-30(17-26(1)24)43-32-9-10-36-35(19-32)44-31-8-4-25-16-29(6-2-27(25)18-31)40-14-12-38-21-34-23-42-34/h1-10,15-19,33-34H,11-14,20-23H2. The number of rotatable bonds is 16. The van der Waals surface area contributed by atoms with Gasteiger partial charge in [-0.15, -0.1) is 0 Å². The summed E-state index contributed by atoms with van der Waals surface area (Å²) in [6.07, 6.45) is 2.20. The predicted molar refractivity (Wildman–Crippen MR) is 164 cm³/mol. The highest BCUT2D eigenvalue weighted by Crippen LogP contribution is 2.31. The second kappa shape index (κ2) is 13.5. The van der Waals surface area contributed by atoms with Gasteiger partial charge >= 0.3 is 0 Å². The number of pyridine rings is 1. The molecule has 2 atom stereocenters. The van der Waals surface area contributed by atoms with Gasteiger partial charge in [0.2, 0.25) is 5.88 Å². The first-order valence-electron chi connectivity index (χ1n) is 14.8. The van der Waals surface area contributed by atoms with Crippen molar-refractivity contribution in [2.75, 3.05) is 52.9 Å². The second-order valence-electron chi connectivity index (χ2n) is 10.6. The summed E-state index contributed by atoms with van der Waals surface area (Å²) < 4.78 is 45.2. The van der Waals surface area contributed by atoms with Crippen molar-refractivity contribution < 1.29 is 37.9 Å². The molecule has 226 valence electrons. The fraction of sp³-hybridized carbons (Fsp3) is 0.286. The van der Waals surface area contributed by atoms with E-state index in [0.29, 0.717) is 62.8 Å². The first-order valence-corrected chi connectivity index (χ1v) is 14.8. The van der Waals surface area contributed by atoms with Crippen LogP contribution in [0.5, 0.6) is 34.6 Å². The predicted octanol–water partition coefficient (Wildman–Crippen LogP) is 6.56. The Morgan fingerprint density at radius 2 is 0.977 bits per heavy atom. The van der Waals surface area contributed by atoms with Crippen LogP contribution in [0.2, 0.25) is 0 Å². The maximum absolute atomic E-state index is 6.15. The van der Waals surface area contributed by atoms with Crippen LogP contribution in [0.4, 0.5) is 0 Å². The van der Waals surface area contributed by atoms with Crippen LogP contribution >= 0.6 is 0 Å². The lowest BCUT2D eigenvalue weighted by atomic mass is 10.1. The van der Waals surface area contributed by atoms with E-state index in [1.54, 1.807) is 18.3 Å². The summed E-state index contributed by atoms with van der Waals surface area (Å²) in [6, 6.07) is 27.4. The molecular formula is C35H33NO8. The molecule has 2 aliphatic heterocycles. The van der Waals surface area contributed by atoms with E-state index >= 15 is 0 Å². The van der Waals surface area contributed by atoms with Gasteiger partial charge in [0.1, 0.15) is 54.2 Å². The SMILES string of the molecule is c1cc(Oc2ccc3cc(OCCOCC4CO4)ccc3c2)cc(Oc2ccc3cc(OCCOCC4CO4)ccc3c2)n1. The van der Waals surface area contributed by atoms with Gasteiger partial charge < -0.3 is 37.9 Å². The van der Waals surface area contributed by atoms with Crippen LogP contribution in [0.25, 0.3) is 21.5 Å². The fourth-order valence-electron chi connectivity index (χ4n) is 4.67. The Morgan fingerprint density at radius 1 is 0.523 bits per heavy atom. The number of ether oxygens (including phenoxy) is 8. The average Bonchev–Trinajstić information content (AvgIpc) is 3.98. The van der Waals surface area contributed by atoms with Crippen LogP contribution in [0.15, 0.2) is 91.1 Å². The number of hydrogen-bond donors (Lipinski definition) is 0. The van der Waals surface area contributed by atoms with Crippen LogP contribution in [-0.4, -0.2) is 70.0 Å². The van der Waals surface area contributed by atoms with E-state index in [2.05, 4.69) is 4.98 Å². The molecule has 0 N–H and O–H groups in total. The summed E-state index contributed by atoms with van der Waals surface area (Å²) in [7, 11) is 0. The molecule has 2 saturated heterocycles. The third kappa shape index (κ3) is 7.94. The van der Waals surface area contributed by atoms with Gasteiger partial charge in [-0.3, -0.25) is 0 Å². The lowest BCUT2D eigenvalue weighted by Crippen LogP contribution is -2.10. The summed E-state index contributed by atoms with van der Waals surface area (Å²) >= 11 is 0. The van der Waals surface area contributed by atoms with Crippen molar-refractivity contribution in [1.29, 1.82) is 0 Å². The number of aromatic nitrogens is 1. The summed E-state index contributed by atoms with van der Waals surface area (Å²) in [4.78, 5) is 4.37. The molecule has 9 heteroatoms. The summed E-state index contributed by atoms with van der Waals surface area (Å²) in [5, 5.41) is 4.19. The average molecular weight is 596 g/mol. The van der Waals surface area contributed by atoms with Crippen molar-refractivity contribution >= 4 is 21.5 Å². The molecule has 0 saturated carbocycles. The molecule has 0 radical (unpaired) electrons. The van der Waals surface area contributed by atoms with Gasteiger partial charge in [-0.25, -0.2) is 4.98 Å². The first-order chi connectivity index (χ1) is 21.7. The normalized spacial score (nSPS) is 17.0. The molecule has 1 aromatic heterocycles. The van der Waals surface area contributed by atoms with Crippen molar-refractivity contribution in [3.05, 3.63) is 91.1 Å². The molecule has 2 aliphatic rings. The molecule has 0 aliphatic carbocycles. The van der Waals surface area contributed by atoms with E-state index in [-0.39, 0.29) is 12.2 Å². The Morgan fingerprint density at radius 3 is 1.50 bits per heavy atom. The number of hydrogen-bond acceptors (Lipinski definition) is 9. The first kappa shape index (κ1) is 28.4. The molecule has 3 heterocycles. The fourth-order valence-corrected chi connectivity index (χ4v) is 4.67. The molecular weight excluding hydrogens is 562 g/mol. The van der Waals surface area contributed by atoms with Crippen LogP contribution < -0.4 is 18.9 Å². The molecule has 4 aromatic carbocycles. The third-order valence-corrected chi connectivity index (χ3v) is 7.14.